The second kappa shape index (κ2) is 6.75. The summed E-state index contributed by atoms with van der Waals surface area (Å²) in [6.07, 6.45) is 0. The Hall–Kier alpha value is -3.78. The van der Waals surface area contributed by atoms with Crippen LogP contribution in [0.4, 0.5) is 5.69 Å². The van der Waals surface area contributed by atoms with Crippen LogP contribution in [0.3, 0.4) is 0 Å². The maximum atomic E-state index is 11.9. The van der Waals surface area contributed by atoms with Crippen molar-refractivity contribution in [2.45, 2.75) is 0 Å². The molecule has 0 saturated heterocycles. The van der Waals surface area contributed by atoms with Crippen LogP contribution in [-0.2, 0) is 0 Å². The Bertz CT molecular complexity index is 1230. The maximum Gasteiger partial charge on any atom is 0.336 e. The fraction of sp³-hybridized carbons (Fsp3) is 0. The smallest absolute Gasteiger partial charge is 0.336 e. The molecule has 0 unspecified atom stereocenters. The van der Waals surface area contributed by atoms with E-state index in [1.165, 1.54) is 24.3 Å². The van der Waals surface area contributed by atoms with E-state index in [2.05, 4.69) is 15.2 Å². The number of fused-ring (bicyclic) bond motifs is 1. The molecule has 28 heavy (non-hydrogen) atoms. The molecule has 138 valence electrons. The Morgan fingerprint density at radius 3 is 2.54 bits per heavy atom. The summed E-state index contributed by atoms with van der Waals surface area (Å²) < 4.78 is 0. The third-order valence-corrected chi connectivity index (χ3v) is 4.49. The van der Waals surface area contributed by atoms with Crippen LogP contribution < -0.4 is 0 Å². The zero-order valence-electron chi connectivity index (χ0n) is 14.1. The highest BCUT2D eigenvalue weighted by molar-refractivity contribution is 6.30. The molecule has 8 nitrogen and oxygen atoms in total. The number of hydrogen-bond donors (Lipinski definition) is 2. The molecule has 0 atom stereocenters. The third-order valence-electron chi connectivity index (χ3n) is 4.24. The van der Waals surface area contributed by atoms with Gasteiger partial charge in [-0.15, -0.1) is 0 Å². The normalized spacial score (nSPS) is 10.9. The number of nitro groups is 1. The number of aromatic carboxylic acids is 1. The quantitative estimate of drug-likeness (QED) is 0.386. The number of rotatable bonds is 4. The SMILES string of the molecule is O=C(O)c1cc(-c2ccc(Cl)cc2)nc2n[nH]c(-c3cccc([N+](=O)[O-])c3)c12. The van der Waals surface area contributed by atoms with Gasteiger partial charge in [-0.25, -0.2) is 9.78 Å². The number of non-ortho nitro benzene ring substituents is 1. The van der Waals surface area contributed by atoms with Gasteiger partial charge in [-0.1, -0.05) is 35.9 Å². The zero-order chi connectivity index (χ0) is 19.8. The molecule has 0 aliphatic heterocycles. The summed E-state index contributed by atoms with van der Waals surface area (Å²) in [7, 11) is 0. The van der Waals surface area contributed by atoms with Crippen LogP contribution in [0.25, 0.3) is 33.5 Å². The molecule has 2 aromatic carbocycles. The minimum Gasteiger partial charge on any atom is -0.478 e. The highest BCUT2D eigenvalue weighted by Crippen LogP contribution is 2.33. The molecule has 0 spiro atoms. The zero-order valence-corrected chi connectivity index (χ0v) is 14.8. The standard InChI is InChI=1S/C19H11ClN4O4/c20-12-6-4-10(5-7-12)15-9-14(19(25)26)16-17(22-23-18(16)21-15)11-2-1-3-13(8-11)24(27)28/h1-9H,(H,25,26)(H,21,22,23). The van der Waals surface area contributed by atoms with Crippen LogP contribution in [0.2, 0.25) is 5.02 Å². The van der Waals surface area contributed by atoms with Gasteiger partial charge >= 0.3 is 5.97 Å². The number of aromatic nitrogens is 3. The second-order valence-corrected chi connectivity index (χ2v) is 6.41. The Morgan fingerprint density at radius 1 is 1.11 bits per heavy atom. The molecule has 0 bridgehead atoms. The fourth-order valence-electron chi connectivity index (χ4n) is 2.94. The van der Waals surface area contributed by atoms with E-state index in [1.54, 1.807) is 30.3 Å². The summed E-state index contributed by atoms with van der Waals surface area (Å²) in [6.45, 7) is 0. The molecule has 4 rings (SSSR count). The largest absolute Gasteiger partial charge is 0.478 e. The molecule has 4 aromatic rings. The highest BCUT2D eigenvalue weighted by atomic mass is 35.5. The molecule has 0 amide bonds. The van der Waals surface area contributed by atoms with Gasteiger partial charge in [-0.05, 0) is 18.2 Å². The van der Waals surface area contributed by atoms with Crippen LogP contribution in [0.15, 0.2) is 54.6 Å². The summed E-state index contributed by atoms with van der Waals surface area (Å²) in [5.41, 5.74) is 2.00. The number of nitrogens with one attached hydrogen (secondary N) is 1. The molecular formula is C19H11ClN4O4. The number of pyridine rings is 1. The van der Waals surface area contributed by atoms with Gasteiger partial charge in [0, 0.05) is 28.3 Å². The summed E-state index contributed by atoms with van der Waals surface area (Å²) >= 11 is 5.90. The minimum atomic E-state index is -1.16. The first-order chi connectivity index (χ1) is 13.4. The molecule has 2 N–H and O–H groups in total. The monoisotopic (exact) mass is 394 g/mol. The van der Waals surface area contributed by atoms with Gasteiger partial charge in [0.1, 0.15) is 0 Å². The number of H-pyrrole nitrogens is 1. The lowest BCUT2D eigenvalue weighted by atomic mass is 10.0. The number of halogens is 1. The number of benzene rings is 2. The van der Waals surface area contributed by atoms with E-state index >= 15 is 0 Å². The van der Waals surface area contributed by atoms with E-state index in [4.69, 9.17) is 11.6 Å². The van der Waals surface area contributed by atoms with E-state index in [1.807, 2.05) is 0 Å². The number of carbonyl (C=O) groups is 1. The topological polar surface area (TPSA) is 122 Å². The Morgan fingerprint density at radius 2 is 1.86 bits per heavy atom. The molecule has 0 aliphatic rings. The molecule has 0 fully saturated rings. The fourth-order valence-corrected chi connectivity index (χ4v) is 3.07. The molecule has 2 heterocycles. The number of nitro benzene ring substituents is 1. The summed E-state index contributed by atoms with van der Waals surface area (Å²) in [4.78, 5) is 26.9. The lowest BCUT2D eigenvalue weighted by Gasteiger charge is -2.06. The van der Waals surface area contributed by atoms with Gasteiger partial charge < -0.3 is 5.11 Å². The molecule has 2 aromatic heterocycles. The van der Waals surface area contributed by atoms with Gasteiger partial charge in [0.15, 0.2) is 5.65 Å². The summed E-state index contributed by atoms with van der Waals surface area (Å²) in [5, 5.41) is 28.5. The molecule has 0 radical (unpaired) electrons. The van der Waals surface area contributed by atoms with Crippen molar-refractivity contribution in [3.8, 4) is 22.5 Å². The lowest BCUT2D eigenvalue weighted by molar-refractivity contribution is -0.384. The van der Waals surface area contributed by atoms with Crippen LogP contribution in [-0.4, -0.2) is 31.2 Å². The van der Waals surface area contributed by atoms with Crippen molar-refractivity contribution in [2.24, 2.45) is 0 Å². The predicted octanol–water partition coefficient (Wildman–Crippen LogP) is 4.55. The average Bonchev–Trinajstić information content (AvgIpc) is 3.11. The van der Waals surface area contributed by atoms with E-state index < -0.39 is 10.9 Å². The van der Waals surface area contributed by atoms with Crippen molar-refractivity contribution in [1.82, 2.24) is 15.2 Å². The molecule has 9 heteroatoms. The van der Waals surface area contributed by atoms with Gasteiger partial charge in [-0.3, -0.25) is 15.2 Å². The van der Waals surface area contributed by atoms with Crippen molar-refractivity contribution in [1.29, 1.82) is 0 Å². The van der Waals surface area contributed by atoms with E-state index in [0.717, 1.165) is 0 Å². The van der Waals surface area contributed by atoms with Gasteiger partial charge in [-0.2, -0.15) is 5.10 Å². The number of carboxylic acid groups (broad SMARTS) is 1. The highest BCUT2D eigenvalue weighted by Gasteiger charge is 2.20. The summed E-state index contributed by atoms with van der Waals surface area (Å²) in [5.74, 6) is -1.16. The molecule has 0 saturated carbocycles. The first-order valence-electron chi connectivity index (χ1n) is 8.07. The Kier molecular flexibility index (Phi) is 4.25. The van der Waals surface area contributed by atoms with Crippen molar-refractivity contribution in [3.63, 3.8) is 0 Å². The Labute approximate surface area is 162 Å². The number of carboxylic acids is 1. The van der Waals surface area contributed by atoms with Crippen molar-refractivity contribution in [2.75, 3.05) is 0 Å². The van der Waals surface area contributed by atoms with Crippen LogP contribution in [0.1, 0.15) is 10.4 Å². The lowest BCUT2D eigenvalue weighted by Crippen LogP contribution is -2.00. The summed E-state index contributed by atoms with van der Waals surface area (Å²) in [6, 6.07) is 14.2. The third kappa shape index (κ3) is 3.06. The Balaban J connectivity index is 1.94. The second-order valence-electron chi connectivity index (χ2n) is 5.97. The van der Waals surface area contributed by atoms with Crippen LogP contribution >= 0.6 is 11.6 Å². The first-order valence-corrected chi connectivity index (χ1v) is 8.45. The van der Waals surface area contributed by atoms with Gasteiger partial charge in [0.25, 0.3) is 5.69 Å². The molecular weight excluding hydrogens is 384 g/mol. The first kappa shape index (κ1) is 17.6. The molecule has 0 aliphatic carbocycles. The van der Waals surface area contributed by atoms with Crippen molar-refractivity contribution < 1.29 is 14.8 Å². The predicted molar refractivity (Wildman–Crippen MR) is 103 cm³/mol. The number of aromatic amines is 1. The van der Waals surface area contributed by atoms with Crippen LogP contribution in [0, 0.1) is 10.1 Å². The van der Waals surface area contributed by atoms with E-state index in [0.29, 0.717) is 27.5 Å². The van der Waals surface area contributed by atoms with Crippen molar-refractivity contribution in [3.05, 3.63) is 75.3 Å². The van der Waals surface area contributed by atoms with Crippen molar-refractivity contribution >= 4 is 34.3 Å². The average molecular weight is 395 g/mol. The van der Waals surface area contributed by atoms with Gasteiger partial charge in [0.05, 0.1) is 27.3 Å². The number of hydrogen-bond acceptors (Lipinski definition) is 5. The van der Waals surface area contributed by atoms with Gasteiger partial charge in [0.2, 0.25) is 0 Å². The van der Waals surface area contributed by atoms with Crippen LogP contribution in [0.5, 0.6) is 0 Å². The van der Waals surface area contributed by atoms with E-state index in [9.17, 15) is 20.0 Å². The van der Waals surface area contributed by atoms with E-state index in [-0.39, 0.29) is 22.3 Å². The number of nitrogens with zero attached hydrogens (tertiary/aromatic N) is 3. The maximum absolute atomic E-state index is 11.9. The minimum absolute atomic E-state index is 0.00907.